The highest BCUT2D eigenvalue weighted by molar-refractivity contribution is 6.41. The number of halogens is 3. The van der Waals surface area contributed by atoms with Crippen LogP contribution in [0.25, 0.3) is 10.9 Å². The van der Waals surface area contributed by atoms with Gasteiger partial charge in [-0.15, -0.1) is 11.6 Å². The van der Waals surface area contributed by atoms with Crippen LogP contribution in [0.5, 0.6) is 0 Å². The first kappa shape index (κ1) is 9.97. The van der Waals surface area contributed by atoms with E-state index in [2.05, 4.69) is 9.97 Å². The lowest BCUT2D eigenvalue weighted by molar-refractivity contribution is 1.06. The quantitative estimate of drug-likeness (QED) is 0.567. The van der Waals surface area contributed by atoms with Gasteiger partial charge in [-0.3, -0.25) is 0 Å². The van der Waals surface area contributed by atoms with Gasteiger partial charge in [-0.25, -0.2) is 9.97 Å². The maximum Gasteiger partial charge on any atom is 0.145 e. The fourth-order valence-electron chi connectivity index (χ4n) is 1.20. The molecule has 0 unspecified atom stereocenters. The maximum absolute atomic E-state index is 5.96. The highest BCUT2D eigenvalue weighted by atomic mass is 35.5. The number of nitrogens with zero attached hydrogens (tertiary/aromatic N) is 2. The van der Waals surface area contributed by atoms with Gasteiger partial charge in [-0.05, 0) is 12.1 Å². The van der Waals surface area contributed by atoms with Crippen LogP contribution in [0, 0.1) is 0 Å². The van der Waals surface area contributed by atoms with Crippen LogP contribution in [-0.2, 0) is 5.88 Å². The summed E-state index contributed by atoms with van der Waals surface area (Å²) in [5.74, 6) is 0.744. The molecular weight excluding hydrogens is 242 g/mol. The van der Waals surface area contributed by atoms with Crippen LogP contribution in [0.1, 0.15) is 5.82 Å². The Balaban J connectivity index is 2.83. The summed E-state index contributed by atoms with van der Waals surface area (Å²) in [5, 5.41) is 1.56. The Bertz CT molecular complexity index is 485. The maximum atomic E-state index is 5.96. The summed E-state index contributed by atoms with van der Waals surface area (Å²) in [4.78, 5) is 8.22. The van der Waals surface area contributed by atoms with Crippen molar-refractivity contribution in [2.75, 3.05) is 0 Å². The minimum atomic E-state index is 0.238. The standard InChI is InChI=1S/C9H5Cl3N2/c10-4-7-13-6-3-1-2-5(11)8(6)9(12)14-7/h1-3H,4H2. The molecule has 14 heavy (non-hydrogen) atoms. The lowest BCUT2D eigenvalue weighted by atomic mass is 10.2. The van der Waals surface area contributed by atoms with E-state index < -0.39 is 0 Å². The third kappa shape index (κ3) is 1.65. The molecule has 0 bridgehead atoms. The van der Waals surface area contributed by atoms with Gasteiger partial charge in [0.05, 0.1) is 21.8 Å². The van der Waals surface area contributed by atoms with Gasteiger partial charge < -0.3 is 0 Å². The highest BCUT2D eigenvalue weighted by Gasteiger charge is 2.07. The molecule has 2 rings (SSSR count). The molecule has 1 aromatic heterocycles. The Morgan fingerprint density at radius 1 is 1.14 bits per heavy atom. The molecule has 0 saturated heterocycles. The molecule has 0 aliphatic rings. The Labute approximate surface area is 95.8 Å². The van der Waals surface area contributed by atoms with Crippen LogP contribution in [-0.4, -0.2) is 9.97 Å². The molecular formula is C9H5Cl3N2. The molecule has 0 saturated carbocycles. The molecule has 0 fully saturated rings. The zero-order chi connectivity index (χ0) is 10.1. The van der Waals surface area contributed by atoms with Gasteiger partial charge in [0.15, 0.2) is 0 Å². The third-order valence-corrected chi connectivity index (χ3v) is 2.62. The second kappa shape index (κ2) is 3.89. The summed E-state index contributed by atoms with van der Waals surface area (Å²) in [7, 11) is 0. The van der Waals surface area contributed by atoms with E-state index in [1.807, 2.05) is 12.1 Å². The van der Waals surface area contributed by atoms with Crippen molar-refractivity contribution in [3.8, 4) is 0 Å². The molecule has 72 valence electrons. The molecule has 0 atom stereocenters. The Hall–Kier alpha value is -0.570. The van der Waals surface area contributed by atoms with Gasteiger partial charge in [0.25, 0.3) is 0 Å². The van der Waals surface area contributed by atoms with E-state index in [0.717, 1.165) is 0 Å². The van der Waals surface area contributed by atoms with Crippen LogP contribution >= 0.6 is 34.8 Å². The van der Waals surface area contributed by atoms with Crippen LogP contribution in [0.15, 0.2) is 18.2 Å². The van der Waals surface area contributed by atoms with Gasteiger partial charge in [-0.2, -0.15) is 0 Å². The van der Waals surface area contributed by atoms with E-state index in [4.69, 9.17) is 34.8 Å². The monoisotopic (exact) mass is 246 g/mol. The van der Waals surface area contributed by atoms with Crippen molar-refractivity contribution in [2.45, 2.75) is 5.88 Å². The molecule has 0 spiro atoms. The lowest BCUT2D eigenvalue weighted by Gasteiger charge is -2.03. The molecule has 2 aromatic rings. The van der Waals surface area contributed by atoms with Crippen molar-refractivity contribution < 1.29 is 0 Å². The number of hydrogen-bond donors (Lipinski definition) is 0. The van der Waals surface area contributed by atoms with Gasteiger partial charge in [0.1, 0.15) is 11.0 Å². The number of aromatic nitrogens is 2. The average molecular weight is 248 g/mol. The number of alkyl halides is 1. The zero-order valence-corrected chi connectivity index (χ0v) is 9.24. The first-order valence-corrected chi connectivity index (χ1v) is 5.18. The van der Waals surface area contributed by atoms with Gasteiger partial charge >= 0.3 is 0 Å². The summed E-state index contributed by atoms with van der Waals surface area (Å²) in [6.07, 6.45) is 0. The van der Waals surface area contributed by atoms with E-state index >= 15 is 0 Å². The first-order valence-electron chi connectivity index (χ1n) is 3.89. The van der Waals surface area contributed by atoms with E-state index in [9.17, 15) is 0 Å². The van der Waals surface area contributed by atoms with Gasteiger partial charge in [0.2, 0.25) is 0 Å². The summed E-state index contributed by atoms with van der Waals surface area (Å²) in [5.41, 5.74) is 0.716. The van der Waals surface area contributed by atoms with E-state index in [-0.39, 0.29) is 5.88 Å². The average Bonchev–Trinajstić information content (AvgIpc) is 2.17. The topological polar surface area (TPSA) is 25.8 Å². The molecule has 1 aromatic carbocycles. The molecule has 5 heteroatoms. The molecule has 1 heterocycles. The van der Waals surface area contributed by atoms with Crippen molar-refractivity contribution in [1.82, 2.24) is 9.97 Å². The summed E-state index contributed by atoms with van der Waals surface area (Å²) in [6.45, 7) is 0. The fourth-order valence-corrected chi connectivity index (χ4v) is 1.93. The molecule has 0 amide bonds. The number of hydrogen-bond acceptors (Lipinski definition) is 2. The third-order valence-electron chi connectivity index (χ3n) is 1.79. The highest BCUT2D eigenvalue weighted by Crippen LogP contribution is 2.27. The van der Waals surface area contributed by atoms with Crippen molar-refractivity contribution in [2.24, 2.45) is 0 Å². The Morgan fingerprint density at radius 3 is 2.64 bits per heavy atom. The van der Waals surface area contributed by atoms with Crippen molar-refractivity contribution >= 4 is 45.7 Å². The number of benzene rings is 1. The second-order valence-electron chi connectivity index (χ2n) is 2.70. The van der Waals surface area contributed by atoms with Gasteiger partial charge in [0, 0.05) is 0 Å². The summed E-state index contributed by atoms with van der Waals surface area (Å²) in [6, 6.07) is 5.39. The SMILES string of the molecule is ClCc1nc(Cl)c2c(Cl)cccc2n1. The minimum Gasteiger partial charge on any atom is -0.231 e. The lowest BCUT2D eigenvalue weighted by Crippen LogP contribution is -1.93. The van der Waals surface area contributed by atoms with Crippen LogP contribution in [0.4, 0.5) is 0 Å². The fraction of sp³-hybridized carbons (Fsp3) is 0.111. The normalized spacial score (nSPS) is 10.8. The summed E-state index contributed by atoms with van der Waals surface area (Å²) < 4.78 is 0. The second-order valence-corrected chi connectivity index (χ2v) is 3.73. The molecule has 2 nitrogen and oxygen atoms in total. The van der Waals surface area contributed by atoms with Gasteiger partial charge in [-0.1, -0.05) is 29.3 Å². The largest absolute Gasteiger partial charge is 0.231 e. The molecule has 0 aliphatic carbocycles. The first-order chi connectivity index (χ1) is 6.72. The van der Waals surface area contributed by atoms with E-state index in [1.54, 1.807) is 6.07 Å². The van der Waals surface area contributed by atoms with Crippen molar-refractivity contribution in [1.29, 1.82) is 0 Å². The smallest absolute Gasteiger partial charge is 0.145 e. The predicted octanol–water partition coefficient (Wildman–Crippen LogP) is 3.68. The van der Waals surface area contributed by atoms with Crippen LogP contribution in [0.3, 0.4) is 0 Å². The van der Waals surface area contributed by atoms with E-state index in [0.29, 0.717) is 26.9 Å². The minimum absolute atomic E-state index is 0.238. The summed E-state index contributed by atoms with van der Waals surface area (Å²) >= 11 is 17.5. The zero-order valence-electron chi connectivity index (χ0n) is 6.97. The Kier molecular flexibility index (Phi) is 2.77. The molecule has 0 aliphatic heterocycles. The van der Waals surface area contributed by atoms with Crippen LogP contribution in [0.2, 0.25) is 10.2 Å². The van der Waals surface area contributed by atoms with Crippen LogP contribution < -0.4 is 0 Å². The Morgan fingerprint density at radius 2 is 1.93 bits per heavy atom. The predicted molar refractivity (Wildman–Crippen MR) is 59.1 cm³/mol. The number of rotatable bonds is 1. The van der Waals surface area contributed by atoms with E-state index in [1.165, 1.54) is 0 Å². The molecule has 0 radical (unpaired) electrons. The number of fused-ring (bicyclic) bond motifs is 1. The molecule has 0 N–H and O–H groups in total. The van der Waals surface area contributed by atoms with Crippen molar-refractivity contribution in [3.63, 3.8) is 0 Å². The van der Waals surface area contributed by atoms with Crippen molar-refractivity contribution in [3.05, 3.63) is 34.2 Å².